The van der Waals surface area contributed by atoms with Crippen LogP contribution in [0, 0.1) is 23.2 Å². The van der Waals surface area contributed by atoms with Crippen LogP contribution in [0.25, 0.3) is 0 Å². The van der Waals surface area contributed by atoms with E-state index in [-0.39, 0.29) is 23.6 Å². The van der Waals surface area contributed by atoms with Gasteiger partial charge in [-0.05, 0) is 75.5 Å². The molecule has 134 valence electrons. The predicted octanol–water partition coefficient (Wildman–Crippen LogP) is 4.39. The predicted molar refractivity (Wildman–Crippen MR) is 93.3 cm³/mol. The summed E-state index contributed by atoms with van der Waals surface area (Å²) in [6.45, 7) is 4.28. The van der Waals surface area contributed by atoms with Gasteiger partial charge >= 0.3 is 5.97 Å². The van der Waals surface area contributed by atoms with Crippen LogP contribution in [-0.2, 0) is 9.53 Å². The van der Waals surface area contributed by atoms with Gasteiger partial charge in [0.25, 0.3) is 0 Å². The van der Waals surface area contributed by atoms with Crippen LogP contribution in [0.1, 0.15) is 78.1 Å². The van der Waals surface area contributed by atoms with Crippen molar-refractivity contribution >= 4 is 5.97 Å². The van der Waals surface area contributed by atoms with Gasteiger partial charge in [-0.25, -0.2) is 0 Å². The number of rotatable bonds is 2. The summed E-state index contributed by atoms with van der Waals surface area (Å²) < 4.78 is 5.85. The fraction of sp³-hybridized carbons (Fsp3) is 0.857. The number of hydrogen-bond acceptors (Lipinski definition) is 3. The molecule has 1 unspecified atom stereocenters. The van der Waals surface area contributed by atoms with E-state index in [4.69, 9.17) is 4.74 Å². The van der Waals surface area contributed by atoms with Crippen LogP contribution in [0.4, 0.5) is 0 Å². The molecule has 24 heavy (non-hydrogen) atoms. The quantitative estimate of drug-likeness (QED) is 0.603. The lowest BCUT2D eigenvalue weighted by Gasteiger charge is -2.52. The Bertz CT molecular complexity index is 551. The number of allylic oxidation sites excluding steroid dienone is 1. The summed E-state index contributed by atoms with van der Waals surface area (Å²) in [5.74, 6) is 2.22. The molecule has 0 aliphatic heterocycles. The molecule has 0 aromatic heterocycles. The SMILES string of the molecule is CCC(=O)O[C@H]1CC[C@H]2[C@@H]3CCC4=C(CCC(O)C4)[C@H]3CC[C@]12C. The number of fused-ring (bicyclic) bond motifs is 4. The minimum Gasteiger partial charge on any atom is -0.462 e. The van der Waals surface area contributed by atoms with Crippen LogP contribution < -0.4 is 0 Å². The zero-order valence-corrected chi connectivity index (χ0v) is 15.2. The molecule has 0 saturated heterocycles. The number of ether oxygens (including phenoxy) is 1. The van der Waals surface area contributed by atoms with Gasteiger partial charge in [0, 0.05) is 11.8 Å². The van der Waals surface area contributed by atoms with Crippen molar-refractivity contribution in [3.8, 4) is 0 Å². The van der Waals surface area contributed by atoms with E-state index in [0.717, 1.165) is 37.5 Å². The summed E-state index contributed by atoms with van der Waals surface area (Å²) in [5, 5.41) is 9.99. The zero-order valence-electron chi connectivity index (χ0n) is 15.2. The van der Waals surface area contributed by atoms with E-state index in [9.17, 15) is 9.90 Å². The van der Waals surface area contributed by atoms with Crippen molar-refractivity contribution in [1.82, 2.24) is 0 Å². The van der Waals surface area contributed by atoms with Gasteiger partial charge in [-0.1, -0.05) is 25.0 Å². The minimum absolute atomic E-state index is 0.0288. The van der Waals surface area contributed by atoms with Crippen molar-refractivity contribution in [2.45, 2.75) is 90.3 Å². The Morgan fingerprint density at radius 1 is 1.21 bits per heavy atom. The van der Waals surface area contributed by atoms with Gasteiger partial charge in [-0.3, -0.25) is 4.79 Å². The third-order valence-corrected chi connectivity index (χ3v) is 7.82. The molecule has 2 saturated carbocycles. The van der Waals surface area contributed by atoms with Crippen LogP contribution in [0.5, 0.6) is 0 Å². The summed E-state index contributed by atoms with van der Waals surface area (Å²) in [7, 11) is 0. The fourth-order valence-electron chi connectivity index (χ4n) is 6.58. The van der Waals surface area contributed by atoms with E-state index >= 15 is 0 Å². The number of carbonyl (C=O) groups excluding carboxylic acids is 1. The molecule has 0 spiro atoms. The molecule has 0 aromatic rings. The van der Waals surface area contributed by atoms with E-state index in [0.29, 0.717) is 12.3 Å². The first-order chi connectivity index (χ1) is 11.5. The van der Waals surface area contributed by atoms with E-state index < -0.39 is 0 Å². The lowest BCUT2D eigenvalue weighted by Crippen LogP contribution is -2.46. The Hall–Kier alpha value is -0.830. The molecule has 0 radical (unpaired) electrons. The Balaban J connectivity index is 1.55. The van der Waals surface area contributed by atoms with Crippen molar-refractivity contribution < 1.29 is 14.6 Å². The van der Waals surface area contributed by atoms with E-state index in [2.05, 4.69) is 6.92 Å². The maximum atomic E-state index is 11.8. The molecule has 4 rings (SSSR count). The Labute approximate surface area is 145 Å². The van der Waals surface area contributed by atoms with Crippen LogP contribution in [0.15, 0.2) is 11.1 Å². The van der Waals surface area contributed by atoms with Crippen molar-refractivity contribution in [3.63, 3.8) is 0 Å². The number of esters is 1. The summed E-state index contributed by atoms with van der Waals surface area (Å²) in [6, 6.07) is 0. The van der Waals surface area contributed by atoms with Crippen LogP contribution in [0.2, 0.25) is 0 Å². The van der Waals surface area contributed by atoms with Gasteiger partial charge in [-0.15, -0.1) is 0 Å². The Morgan fingerprint density at radius 2 is 2.04 bits per heavy atom. The Kier molecular flexibility index (Phi) is 4.27. The van der Waals surface area contributed by atoms with Gasteiger partial charge < -0.3 is 9.84 Å². The number of aliphatic hydroxyl groups excluding tert-OH is 1. The molecular formula is C21H32O3. The smallest absolute Gasteiger partial charge is 0.305 e. The molecule has 0 amide bonds. The highest BCUT2D eigenvalue weighted by Crippen LogP contribution is 2.61. The van der Waals surface area contributed by atoms with Crippen molar-refractivity contribution in [2.75, 3.05) is 0 Å². The number of aliphatic hydroxyl groups is 1. The second-order valence-electron chi connectivity index (χ2n) is 8.89. The molecule has 6 atom stereocenters. The van der Waals surface area contributed by atoms with Gasteiger partial charge in [0.1, 0.15) is 6.10 Å². The maximum absolute atomic E-state index is 11.8. The third kappa shape index (κ3) is 2.55. The topological polar surface area (TPSA) is 46.5 Å². The molecule has 3 nitrogen and oxygen atoms in total. The third-order valence-electron chi connectivity index (χ3n) is 7.82. The monoisotopic (exact) mass is 332 g/mol. The first-order valence-electron chi connectivity index (χ1n) is 10.1. The van der Waals surface area contributed by atoms with Crippen molar-refractivity contribution in [1.29, 1.82) is 0 Å². The summed E-state index contributed by atoms with van der Waals surface area (Å²) >= 11 is 0. The van der Waals surface area contributed by atoms with Crippen LogP contribution in [-0.4, -0.2) is 23.3 Å². The van der Waals surface area contributed by atoms with E-state index in [1.165, 1.54) is 32.1 Å². The van der Waals surface area contributed by atoms with E-state index in [1.54, 1.807) is 11.1 Å². The molecule has 1 N–H and O–H groups in total. The average molecular weight is 332 g/mol. The van der Waals surface area contributed by atoms with Gasteiger partial charge in [-0.2, -0.15) is 0 Å². The summed E-state index contributed by atoms with van der Waals surface area (Å²) in [5.41, 5.74) is 3.50. The maximum Gasteiger partial charge on any atom is 0.305 e. The lowest BCUT2D eigenvalue weighted by atomic mass is 9.54. The molecule has 0 bridgehead atoms. The zero-order chi connectivity index (χ0) is 16.9. The van der Waals surface area contributed by atoms with Crippen LogP contribution in [0.3, 0.4) is 0 Å². The van der Waals surface area contributed by atoms with E-state index in [1.807, 2.05) is 6.92 Å². The molecule has 2 fully saturated rings. The van der Waals surface area contributed by atoms with Crippen LogP contribution >= 0.6 is 0 Å². The Morgan fingerprint density at radius 3 is 2.83 bits per heavy atom. The number of hydrogen-bond donors (Lipinski definition) is 1. The van der Waals surface area contributed by atoms with Gasteiger partial charge in [0.15, 0.2) is 0 Å². The first kappa shape index (κ1) is 16.6. The second kappa shape index (κ2) is 6.16. The standard InChI is InChI=1S/C21H32O3/c1-3-20(23)24-19-9-8-18-17-6-4-13-12-14(22)5-7-15(13)16(17)10-11-21(18,19)2/h14,16-19,22H,3-12H2,1-2H3/t14?,16-,17-,18+,19+,21+/m1/s1. The summed E-state index contributed by atoms with van der Waals surface area (Å²) in [6.07, 6.45) is 10.7. The molecular weight excluding hydrogens is 300 g/mol. The van der Waals surface area contributed by atoms with Crippen molar-refractivity contribution in [2.24, 2.45) is 23.2 Å². The highest BCUT2D eigenvalue weighted by molar-refractivity contribution is 5.69. The lowest BCUT2D eigenvalue weighted by molar-refractivity contribution is -0.157. The summed E-state index contributed by atoms with van der Waals surface area (Å²) in [4.78, 5) is 11.8. The minimum atomic E-state index is -0.0986. The number of carbonyl (C=O) groups is 1. The largest absolute Gasteiger partial charge is 0.462 e. The highest BCUT2D eigenvalue weighted by atomic mass is 16.5. The van der Waals surface area contributed by atoms with Crippen molar-refractivity contribution in [3.05, 3.63) is 11.1 Å². The molecule has 4 aliphatic carbocycles. The molecule has 0 heterocycles. The molecule has 0 aromatic carbocycles. The molecule has 3 heteroatoms. The van der Waals surface area contributed by atoms with Gasteiger partial charge in [0.05, 0.1) is 6.10 Å². The second-order valence-corrected chi connectivity index (χ2v) is 8.89. The molecule has 4 aliphatic rings. The normalized spacial score (nSPS) is 44.5. The van der Waals surface area contributed by atoms with Gasteiger partial charge in [0.2, 0.25) is 0 Å². The highest BCUT2D eigenvalue weighted by Gasteiger charge is 2.56. The fourth-order valence-corrected chi connectivity index (χ4v) is 6.58. The first-order valence-corrected chi connectivity index (χ1v) is 10.1. The average Bonchev–Trinajstić information content (AvgIpc) is 2.90.